The molecule has 2 bridgehead atoms. The Balaban J connectivity index is 1.61. The number of furan rings is 1. The van der Waals surface area contributed by atoms with Crippen molar-refractivity contribution in [3.8, 4) is 0 Å². The number of carbonyl (C=O) groups excluding carboxylic acids is 1. The average molecular weight is 313 g/mol. The van der Waals surface area contributed by atoms with E-state index >= 15 is 0 Å². The molecule has 0 radical (unpaired) electrons. The Hall–Kier alpha value is -1.88. The molecule has 2 aromatic heterocycles. The van der Waals surface area contributed by atoms with Gasteiger partial charge in [-0.15, -0.1) is 0 Å². The van der Waals surface area contributed by atoms with Crippen LogP contribution in [0.5, 0.6) is 0 Å². The zero-order chi connectivity index (χ0) is 16.2. The molecule has 23 heavy (non-hydrogen) atoms. The number of hydrogen-bond donors (Lipinski definition) is 1. The molecule has 3 saturated heterocycles. The van der Waals surface area contributed by atoms with Crippen LogP contribution in [0.1, 0.15) is 42.9 Å². The smallest absolute Gasteiger partial charge is 0.270 e. The number of amides is 1. The number of nitrogens with one attached hydrogen (secondary N) is 1. The zero-order valence-corrected chi connectivity index (χ0v) is 13.9. The highest BCUT2D eigenvalue weighted by Crippen LogP contribution is 2.39. The highest BCUT2D eigenvalue weighted by atomic mass is 16.3. The third kappa shape index (κ3) is 2.26. The molecule has 0 aliphatic carbocycles. The van der Waals surface area contributed by atoms with Crippen LogP contribution in [0.2, 0.25) is 0 Å². The summed E-state index contributed by atoms with van der Waals surface area (Å²) >= 11 is 0. The normalized spacial score (nSPS) is 28.9. The summed E-state index contributed by atoms with van der Waals surface area (Å²) in [5.74, 6) is 0.487. The van der Waals surface area contributed by atoms with Crippen LogP contribution in [0, 0.1) is 12.8 Å². The molecule has 5 nitrogen and oxygen atoms in total. The van der Waals surface area contributed by atoms with Gasteiger partial charge in [0, 0.05) is 17.0 Å². The Morgan fingerprint density at radius 1 is 1.39 bits per heavy atom. The van der Waals surface area contributed by atoms with Crippen LogP contribution in [0.3, 0.4) is 0 Å². The predicted molar refractivity (Wildman–Crippen MR) is 88.4 cm³/mol. The Morgan fingerprint density at radius 2 is 2.13 bits per heavy atom. The highest BCUT2D eigenvalue weighted by molar-refractivity contribution is 5.96. The number of fused-ring (bicyclic) bond motifs is 4. The van der Waals surface area contributed by atoms with Crippen molar-refractivity contribution in [1.29, 1.82) is 0 Å². The molecule has 0 spiro atoms. The summed E-state index contributed by atoms with van der Waals surface area (Å²) in [6, 6.07) is 3.87. The van der Waals surface area contributed by atoms with Crippen LogP contribution in [0.25, 0.3) is 11.0 Å². The van der Waals surface area contributed by atoms with E-state index in [0.717, 1.165) is 29.8 Å². The first kappa shape index (κ1) is 14.7. The Kier molecular flexibility index (Phi) is 3.23. The van der Waals surface area contributed by atoms with E-state index in [1.165, 1.54) is 12.8 Å². The molecule has 1 N–H and O–H groups in total. The van der Waals surface area contributed by atoms with Crippen LogP contribution in [0.15, 0.2) is 22.8 Å². The quantitative estimate of drug-likeness (QED) is 0.926. The molecule has 0 aromatic carbocycles. The molecule has 1 atom stereocenters. The maximum Gasteiger partial charge on any atom is 0.270 e. The third-order valence-electron chi connectivity index (χ3n) is 5.71. The van der Waals surface area contributed by atoms with E-state index in [-0.39, 0.29) is 17.5 Å². The number of hydrogen-bond acceptors (Lipinski definition) is 4. The van der Waals surface area contributed by atoms with Crippen molar-refractivity contribution in [3.05, 3.63) is 29.8 Å². The molecule has 122 valence electrons. The van der Waals surface area contributed by atoms with Gasteiger partial charge in [0.05, 0.1) is 12.0 Å². The minimum Gasteiger partial charge on any atom is -0.462 e. The van der Waals surface area contributed by atoms with Crippen molar-refractivity contribution in [1.82, 2.24) is 15.2 Å². The standard InChI is InChI=1S/C18H23N3O2/c1-11-15-13(6-9-23-15)10-14(19-11)17(22)20-16-12-4-7-21(8-5-12)18(16,2)3/h6,9-10,12,16H,4-5,7-8H2,1-3H3,(H,20,22)/t16-/m1/s1. The fraction of sp³-hybridized carbons (Fsp3) is 0.556. The number of nitrogens with zero attached hydrogens (tertiary/aromatic N) is 2. The van der Waals surface area contributed by atoms with Crippen molar-refractivity contribution in [2.24, 2.45) is 5.92 Å². The van der Waals surface area contributed by atoms with Crippen molar-refractivity contribution in [2.45, 2.75) is 45.2 Å². The van der Waals surface area contributed by atoms with E-state index in [1.807, 2.05) is 19.1 Å². The number of carbonyl (C=O) groups is 1. The first-order valence-electron chi connectivity index (χ1n) is 8.37. The van der Waals surface area contributed by atoms with Crippen molar-refractivity contribution >= 4 is 16.9 Å². The SMILES string of the molecule is Cc1nc(C(=O)N[C@@H]2C3CCN(CC3)C2(C)C)cc2ccoc12. The topological polar surface area (TPSA) is 58.4 Å². The van der Waals surface area contributed by atoms with Crippen molar-refractivity contribution < 1.29 is 9.21 Å². The molecule has 5 heteroatoms. The van der Waals surface area contributed by atoms with Gasteiger partial charge in [-0.1, -0.05) is 0 Å². The number of pyridine rings is 1. The molecule has 3 aliphatic rings. The summed E-state index contributed by atoms with van der Waals surface area (Å²) in [5.41, 5.74) is 1.99. The molecule has 0 saturated carbocycles. The molecule has 5 rings (SSSR count). The molecular formula is C18H23N3O2. The first-order chi connectivity index (χ1) is 11.0. The summed E-state index contributed by atoms with van der Waals surface area (Å²) in [7, 11) is 0. The van der Waals surface area contributed by atoms with E-state index in [1.54, 1.807) is 6.26 Å². The summed E-state index contributed by atoms with van der Waals surface area (Å²) in [6.45, 7) is 8.63. The van der Waals surface area contributed by atoms with E-state index in [0.29, 0.717) is 11.6 Å². The Bertz CT molecular complexity index is 757. The predicted octanol–water partition coefficient (Wildman–Crippen LogP) is 2.74. The number of piperidine rings is 3. The van der Waals surface area contributed by atoms with Gasteiger partial charge < -0.3 is 9.73 Å². The van der Waals surface area contributed by atoms with Gasteiger partial charge in [0.1, 0.15) is 5.69 Å². The summed E-state index contributed by atoms with van der Waals surface area (Å²) in [6.07, 6.45) is 3.97. The van der Waals surface area contributed by atoms with Crippen LogP contribution in [-0.4, -0.2) is 40.5 Å². The third-order valence-corrected chi connectivity index (χ3v) is 5.71. The average Bonchev–Trinajstić information content (AvgIpc) is 3.00. The lowest BCUT2D eigenvalue weighted by molar-refractivity contribution is -0.0378. The second-order valence-corrected chi connectivity index (χ2v) is 7.36. The van der Waals surface area contributed by atoms with Gasteiger partial charge in [0.25, 0.3) is 5.91 Å². The van der Waals surface area contributed by atoms with Crippen LogP contribution < -0.4 is 5.32 Å². The monoisotopic (exact) mass is 313 g/mol. The molecule has 3 fully saturated rings. The maximum atomic E-state index is 12.8. The first-order valence-corrected chi connectivity index (χ1v) is 8.37. The number of aryl methyl sites for hydroxylation is 1. The van der Waals surface area contributed by atoms with Gasteiger partial charge in [-0.3, -0.25) is 9.69 Å². The number of aromatic nitrogens is 1. The van der Waals surface area contributed by atoms with E-state index in [4.69, 9.17) is 4.42 Å². The fourth-order valence-corrected chi connectivity index (χ4v) is 4.35. The van der Waals surface area contributed by atoms with Crippen LogP contribution in [0.4, 0.5) is 0 Å². The van der Waals surface area contributed by atoms with Gasteiger partial charge in [0.15, 0.2) is 5.58 Å². The minimum absolute atomic E-state index is 0.00557. The van der Waals surface area contributed by atoms with Crippen LogP contribution in [-0.2, 0) is 0 Å². The van der Waals surface area contributed by atoms with Crippen molar-refractivity contribution in [2.75, 3.05) is 13.1 Å². The van der Waals surface area contributed by atoms with Gasteiger partial charge in [-0.25, -0.2) is 4.98 Å². The summed E-state index contributed by atoms with van der Waals surface area (Å²) in [5, 5.41) is 4.19. The van der Waals surface area contributed by atoms with Crippen molar-refractivity contribution in [3.63, 3.8) is 0 Å². The molecule has 5 heterocycles. The minimum atomic E-state index is -0.0805. The molecule has 2 aromatic rings. The van der Waals surface area contributed by atoms with E-state index in [2.05, 4.69) is 29.0 Å². The zero-order valence-electron chi connectivity index (χ0n) is 13.9. The second-order valence-electron chi connectivity index (χ2n) is 7.36. The summed E-state index contributed by atoms with van der Waals surface area (Å²) < 4.78 is 5.41. The largest absolute Gasteiger partial charge is 0.462 e. The molecule has 0 unspecified atom stereocenters. The fourth-order valence-electron chi connectivity index (χ4n) is 4.35. The van der Waals surface area contributed by atoms with Gasteiger partial charge >= 0.3 is 0 Å². The van der Waals surface area contributed by atoms with Gasteiger partial charge in [0.2, 0.25) is 0 Å². The summed E-state index contributed by atoms with van der Waals surface area (Å²) in [4.78, 5) is 19.7. The van der Waals surface area contributed by atoms with Crippen LogP contribution >= 0.6 is 0 Å². The number of rotatable bonds is 2. The maximum absolute atomic E-state index is 12.8. The molecule has 1 amide bonds. The Morgan fingerprint density at radius 3 is 2.83 bits per heavy atom. The molecular weight excluding hydrogens is 290 g/mol. The lowest BCUT2D eigenvalue weighted by Gasteiger charge is -2.56. The molecule has 3 aliphatic heterocycles. The van der Waals surface area contributed by atoms with E-state index < -0.39 is 0 Å². The lowest BCUT2D eigenvalue weighted by Crippen LogP contribution is -2.69. The van der Waals surface area contributed by atoms with Gasteiger partial charge in [-0.2, -0.15) is 0 Å². The second kappa shape index (κ2) is 5.06. The lowest BCUT2D eigenvalue weighted by atomic mass is 9.72. The van der Waals surface area contributed by atoms with E-state index in [9.17, 15) is 4.79 Å². The highest BCUT2D eigenvalue weighted by Gasteiger charge is 2.48. The van der Waals surface area contributed by atoms with Gasteiger partial charge in [-0.05, 0) is 64.8 Å². The Labute approximate surface area is 136 Å².